The molecule has 4 nitrogen and oxygen atoms in total. The minimum absolute atomic E-state index is 0.121. The van der Waals surface area contributed by atoms with E-state index < -0.39 is 5.41 Å². The fourth-order valence-corrected chi connectivity index (χ4v) is 3.67. The van der Waals surface area contributed by atoms with Crippen LogP contribution in [0, 0.1) is 11.3 Å². The number of rotatable bonds is 2. The van der Waals surface area contributed by atoms with Crippen molar-refractivity contribution in [1.29, 1.82) is 0 Å². The molecule has 1 aromatic rings. The second-order valence-corrected chi connectivity index (χ2v) is 7.10. The lowest BCUT2D eigenvalue weighted by molar-refractivity contribution is -0.148. The SMILES string of the molecule is CC1(C)C(=O)OC2CC(OC(=O)c3ccccc3Br)CC21. The predicted molar refractivity (Wildman–Crippen MR) is 79.7 cm³/mol. The summed E-state index contributed by atoms with van der Waals surface area (Å²) >= 11 is 3.35. The summed E-state index contributed by atoms with van der Waals surface area (Å²) in [7, 11) is 0. The summed E-state index contributed by atoms with van der Waals surface area (Å²) in [5.74, 6) is -0.355. The maximum atomic E-state index is 12.2. The molecule has 0 aromatic heterocycles. The molecular weight excluding hydrogens is 336 g/mol. The van der Waals surface area contributed by atoms with Crippen molar-refractivity contribution in [2.24, 2.45) is 11.3 Å². The molecule has 1 saturated carbocycles. The van der Waals surface area contributed by atoms with Crippen LogP contribution in [0.2, 0.25) is 0 Å². The largest absolute Gasteiger partial charge is 0.461 e. The highest BCUT2D eigenvalue weighted by Crippen LogP contribution is 2.48. The van der Waals surface area contributed by atoms with Crippen molar-refractivity contribution < 1.29 is 19.1 Å². The first-order valence-electron chi connectivity index (χ1n) is 7.06. The zero-order valence-electron chi connectivity index (χ0n) is 12.0. The molecule has 5 heteroatoms. The van der Waals surface area contributed by atoms with Crippen LogP contribution in [0.15, 0.2) is 28.7 Å². The second kappa shape index (κ2) is 5.13. The first-order valence-corrected chi connectivity index (χ1v) is 7.85. The third-order valence-electron chi connectivity index (χ3n) is 4.54. The van der Waals surface area contributed by atoms with E-state index in [1.165, 1.54) is 0 Å². The molecule has 21 heavy (non-hydrogen) atoms. The molecule has 3 rings (SSSR count). The Bertz CT molecular complexity index is 596. The summed E-state index contributed by atoms with van der Waals surface area (Å²) in [5, 5.41) is 0. The average molecular weight is 353 g/mol. The van der Waals surface area contributed by atoms with Crippen LogP contribution in [0.1, 0.15) is 37.0 Å². The van der Waals surface area contributed by atoms with E-state index in [0.29, 0.717) is 18.4 Å². The molecule has 3 unspecified atom stereocenters. The van der Waals surface area contributed by atoms with Gasteiger partial charge in [-0.1, -0.05) is 12.1 Å². The molecule has 0 bridgehead atoms. The van der Waals surface area contributed by atoms with Crippen molar-refractivity contribution in [3.05, 3.63) is 34.3 Å². The van der Waals surface area contributed by atoms with E-state index in [1.807, 2.05) is 26.0 Å². The van der Waals surface area contributed by atoms with Crippen LogP contribution in [0.5, 0.6) is 0 Å². The molecule has 0 N–H and O–H groups in total. The number of halogens is 1. The van der Waals surface area contributed by atoms with Crippen molar-refractivity contribution >= 4 is 27.9 Å². The van der Waals surface area contributed by atoms with Crippen LogP contribution in [0.25, 0.3) is 0 Å². The summed E-state index contributed by atoms with van der Waals surface area (Å²) in [6.07, 6.45) is 0.965. The van der Waals surface area contributed by atoms with Gasteiger partial charge in [-0.25, -0.2) is 4.79 Å². The Morgan fingerprint density at radius 3 is 2.71 bits per heavy atom. The fraction of sp³-hybridized carbons (Fsp3) is 0.500. The molecule has 2 aliphatic rings. The topological polar surface area (TPSA) is 52.6 Å². The van der Waals surface area contributed by atoms with E-state index in [0.717, 1.165) is 4.47 Å². The predicted octanol–water partition coefficient (Wildman–Crippen LogP) is 3.34. The van der Waals surface area contributed by atoms with Gasteiger partial charge >= 0.3 is 11.9 Å². The molecule has 0 radical (unpaired) electrons. The lowest BCUT2D eigenvalue weighted by Crippen LogP contribution is -2.27. The molecule has 112 valence electrons. The molecule has 0 spiro atoms. The number of hydrogen-bond donors (Lipinski definition) is 0. The highest BCUT2D eigenvalue weighted by Gasteiger charge is 2.56. The van der Waals surface area contributed by atoms with Gasteiger partial charge in [-0.2, -0.15) is 0 Å². The van der Waals surface area contributed by atoms with Gasteiger partial charge in [-0.05, 0) is 48.3 Å². The first kappa shape index (κ1) is 14.6. The highest BCUT2D eigenvalue weighted by molar-refractivity contribution is 9.10. The number of carbonyl (C=O) groups is 2. The van der Waals surface area contributed by atoms with Gasteiger partial charge in [0.25, 0.3) is 0 Å². The third-order valence-corrected chi connectivity index (χ3v) is 5.23. The second-order valence-electron chi connectivity index (χ2n) is 6.25. The Morgan fingerprint density at radius 2 is 2.05 bits per heavy atom. The standard InChI is InChI=1S/C16H17BrO4/c1-16(2)11-7-9(8-13(11)21-15(16)19)20-14(18)10-5-3-4-6-12(10)17/h3-6,9,11,13H,7-8H2,1-2H3. The van der Waals surface area contributed by atoms with Gasteiger partial charge in [-0.15, -0.1) is 0 Å². The lowest BCUT2D eigenvalue weighted by atomic mass is 9.79. The average Bonchev–Trinajstić information content (AvgIpc) is 2.90. The molecule has 2 fully saturated rings. The number of hydrogen-bond acceptors (Lipinski definition) is 4. The molecular formula is C16H17BrO4. The Kier molecular flexibility index (Phi) is 3.56. The normalized spacial score (nSPS) is 29.9. The maximum absolute atomic E-state index is 12.2. The van der Waals surface area contributed by atoms with Gasteiger partial charge < -0.3 is 9.47 Å². The Hall–Kier alpha value is -1.36. The number of esters is 2. The van der Waals surface area contributed by atoms with Crippen molar-refractivity contribution in [2.45, 2.75) is 38.9 Å². The minimum Gasteiger partial charge on any atom is -0.461 e. The van der Waals surface area contributed by atoms with Crippen molar-refractivity contribution in [3.8, 4) is 0 Å². The van der Waals surface area contributed by atoms with Crippen molar-refractivity contribution in [2.75, 3.05) is 0 Å². The Labute approximate surface area is 131 Å². The van der Waals surface area contributed by atoms with E-state index in [2.05, 4.69) is 15.9 Å². The number of benzene rings is 1. The smallest absolute Gasteiger partial charge is 0.339 e. The molecule has 1 aliphatic carbocycles. The Morgan fingerprint density at radius 1 is 1.33 bits per heavy atom. The van der Waals surface area contributed by atoms with E-state index in [-0.39, 0.29) is 30.1 Å². The van der Waals surface area contributed by atoms with Gasteiger partial charge in [0.15, 0.2) is 0 Å². The van der Waals surface area contributed by atoms with Crippen LogP contribution in [-0.2, 0) is 14.3 Å². The van der Waals surface area contributed by atoms with E-state index in [4.69, 9.17) is 9.47 Å². The van der Waals surface area contributed by atoms with Gasteiger partial charge in [0.2, 0.25) is 0 Å². The maximum Gasteiger partial charge on any atom is 0.339 e. The molecule has 1 saturated heterocycles. The fourth-order valence-electron chi connectivity index (χ4n) is 3.22. The first-order chi connectivity index (χ1) is 9.89. The lowest BCUT2D eigenvalue weighted by Gasteiger charge is -2.21. The van der Waals surface area contributed by atoms with E-state index >= 15 is 0 Å². The van der Waals surface area contributed by atoms with Gasteiger partial charge in [0.05, 0.1) is 11.0 Å². The highest BCUT2D eigenvalue weighted by atomic mass is 79.9. The number of fused-ring (bicyclic) bond motifs is 1. The molecule has 1 heterocycles. The number of ether oxygens (including phenoxy) is 2. The minimum atomic E-state index is -0.487. The Balaban J connectivity index is 1.68. The molecule has 1 aromatic carbocycles. The third kappa shape index (κ3) is 2.48. The summed E-state index contributed by atoms with van der Waals surface area (Å²) < 4.78 is 11.7. The van der Waals surface area contributed by atoms with Crippen molar-refractivity contribution in [3.63, 3.8) is 0 Å². The zero-order valence-corrected chi connectivity index (χ0v) is 13.6. The van der Waals surface area contributed by atoms with Crippen molar-refractivity contribution in [1.82, 2.24) is 0 Å². The quantitative estimate of drug-likeness (QED) is 0.766. The van der Waals surface area contributed by atoms with Crippen LogP contribution >= 0.6 is 15.9 Å². The summed E-state index contributed by atoms with van der Waals surface area (Å²) in [6, 6.07) is 7.19. The van der Waals surface area contributed by atoms with E-state index in [9.17, 15) is 9.59 Å². The van der Waals surface area contributed by atoms with Crippen LogP contribution in [-0.4, -0.2) is 24.1 Å². The molecule has 1 aliphatic heterocycles. The summed E-state index contributed by atoms with van der Waals surface area (Å²) in [4.78, 5) is 24.0. The summed E-state index contributed by atoms with van der Waals surface area (Å²) in [5.41, 5.74) is 0.0323. The monoisotopic (exact) mass is 352 g/mol. The van der Waals surface area contributed by atoms with Crippen LogP contribution in [0.3, 0.4) is 0 Å². The number of carbonyl (C=O) groups excluding carboxylic acids is 2. The van der Waals surface area contributed by atoms with Gasteiger partial charge in [0, 0.05) is 16.8 Å². The van der Waals surface area contributed by atoms with Gasteiger partial charge in [0.1, 0.15) is 12.2 Å². The van der Waals surface area contributed by atoms with Gasteiger partial charge in [-0.3, -0.25) is 4.79 Å². The molecule has 0 amide bonds. The zero-order chi connectivity index (χ0) is 15.2. The van der Waals surface area contributed by atoms with Crippen LogP contribution in [0.4, 0.5) is 0 Å². The van der Waals surface area contributed by atoms with Crippen LogP contribution < -0.4 is 0 Å². The van der Waals surface area contributed by atoms with E-state index in [1.54, 1.807) is 12.1 Å². The summed E-state index contributed by atoms with van der Waals surface area (Å²) in [6.45, 7) is 3.80. The molecule has 3 atom stereocenters.